The largest absolute Gasteiger partial charge is 0.476 e. The highest BCUT2D eigenvalue weighted by Gasteiger charge is 2.10. The highest BCUT2D eigenvalue weighted by molar-refractivity contribution is 5.88. The molecule has 0 aliphatic heterocycles. The average Bonchev–Trinajstić information content (AvgIpc) is 2.04. The Balaban J connectivity index is 3.34. The quantitative estimate of drug-likeness (QED) is 0.609. The molecule has 0 aliphatic rings. The number of rotatable bonds is 1. The summed E-state index contributed by atoms with van der Waals surface area (Å²) in [6, 6.07) is 0. The Morgan fingerprint density at radius 1 is 1.75 bits per heavy atom. The maximum Gasteiger partial charge on any atom is 0.355 e. The van der Waals surface area contributed by atoms with Gasteiger partial charge in [-0.05, 0) is 6.92 Å². The van der Waals surface area contributed by atoms with Gasteiger partial charge in [-0.1, -0.05) is 5.92 Å². The molecule has 0 unspecified atom stereocenters. The van der Waals surface area contributed by atoms with Crippen molar-refractivity contribution >= 4 is 5.97 Å². The minimum absolute atomic E-state index is 0.120. The van der Waals surface area contributed by atoms with Gasteiger partial charge in [-0.2, -0.15) is 0 Å². The first-order valence-corrected chi connectivity index (χ1v) is 3.18. The number of hydrogen-bond donors (Lipinski definition) is 1. The Morgan fingerprint density at radius 2 is 2.42 bits per heavy atom. The third-order valence-electron chi connectivity index (χ3n) is 1.27. The molecule has 0 fully saturated rings. The fourth-order valence-electron chi connectivity index (χ4n) is 0.739. The third kappa shape index (κ3) is 1.40. The van der Waals surface area contributed by atoms with Gasteiger partial charge in [-0.25, -0.2) is 14.8 Å². The molecule has 0 aromatic carbocycles. The van der Waals surface area contributed by atoms with Crippen molar-refractivity contribution in [1.29, 1.82) is 0 Å². The zero-order chi connectivity index (χ0) is 9.14. The van der Waals surface area contributed by atoms with Crippen LogP contribution in [-0.4, -0.2) is 21.0 Å². The normalized spacial score (nSPS) is 9.00. The Bertz CT molecular complexity index is 366. The van der Waals surface area contributed by atoms with Crippen LogP contribution in [0.2, 0.25) is 0 Å². The molecule has 0 saturated carbocycles. The summed E-state index contributed by atoms with van der Waals surface area (Å²) < 4.78 is 0. The van der Waals surface area contributed by atoms with Crippen LogP contribution >= 0.6 is 0 Å². The number of carboxylic acid groups (broad SMARTS) is 1. The number of aromatic carboxylic acids is 1. The number of nitrogens with zero attached hydrogens (tertiary/aromatic N) is 2. The van der Waals surface area contributed by atoms with Crippen LogP contribution in [0, 0.1) is 19.3 Å². The van der Waals surface area contributed by atoms with Crippen LogP contribution in [0.25, 0.3) is 0 Å². The monoisotopic (exact) mass is 162 g/mol. The molecule has 0 amide bonds. The van der Waals surface area contributed by atoms with Crippen molar-refractivity contribution < 1.29 is 9.90 Å². The summed E-state index contributed by atoms with van der Waals surface area (Å²) in [5.74, 6) is 1.46. The number of aromatic nitrogens is 2. The van der Waals surface area contributed by atoms with Gasteiger partial charge in [-0.15, -0.1) is 6.42 Å². The standard InChI is InChI=1S/C8H6N2O2/c1-3-6-4-9-5(2)10-7(6)8(11)12/h1,4H,2H3,(H,11,12). The number of carboxylic acids is 1. The van der Waals surface area contributed by atoms with E-state index in [-0.39, 0.29) is 11.3 Å². The van der Waals surface area contributed by atoms with E-state index in [0.717, 1.165) is 0 Å². The van der Waals surface area contributed by atoms with Gasteiger partial charge in [0.25, 0.3) is 0 Å². The fraction of sp³-hybridized carbons (Fsp3) is 0.125. The highest BCUT2D eigenvalue weighted by Crippen LogP contribution is 2.02. The summed E-state index contributed by atoms with van der Waals surface area (Å²) in [5, 5.41) is 8.64. The Kier molecular flexibility index (Phi) is 2.06. The van der Waals surface area contributed by atoms with E-state index in [1.165, 1.54) is 6.20 Å². The molecule has 0 aliphatic carbocycles. The van der Waals surface area contributed by atoms with Gasteiger partial charge in [0.05, 0.1) is 5.56 Å². The molecule has 1 aromatic heterocycles. The molecule has 0 spiro atoms. The summed E-state index contributed by atoms with van der Waals surface area (Å²) >= 11 is 0. The second-order valence-corrected chi connectivity index (χ2v) is 2.13. The first kappa shape index (κ1) is 8.21. The number of hydrogen-bond acceptors (Lipinski definition) is 3. The molecule has 0 atom stereocenters. The van der Waals surface area contributed by atoms with Crippen LogP contribution < -0.4 is 0 Å². The van der Waals surface area contributed by atoms with Gasteiger partial charge in [0.1, 0.15) is 5.82 Å². The van der Waals surface area contributed by atoms with Crippen molar-refractivity contribution in [2.45, 2.75) is 6.92 Å². The smallest absolute Gasteiger partial charge is 0.355 e. The molecule has 4 heteroatoms. The summed E-state index contributed by atoms with van der Waals surface area (Å²) in [6.07, 6.45) is 6.37. The molecule has 0 bridgehead atoms. The third-order valence-corrected chi connectivity index (χ3v) is 1.27. The van der Waals surface area contributed by atoms with Crippen LogP contribution in [-0.2, 0) is 0 Å². The summed E-state index contributed by atoms with van der Waals surface area (Å²) in [7, 11) is 0. The van der Waals surface area contributed by atoms with Crippen LogP contribution in [0.5, 0.6) is 0 Å². The lowest BCUT2D eigenvalue weighted by Gasteiger charge is -1.97. The average molecular weight is 162 g/mol. The lowest BCUT2D eigenvalue weighted by Crippen LogP contribution is -2.06. The zero-order valence-electron chi connectivity index (χ0n) is 6.40. The minimum atomic E-state index is -1.13. The molecule has 60 valence electrons. The van der Waals surface area contributed by atoms with Crippen LogP contribution in [0.15, 0.2) is 6.20 Å². The molecule has 4 nitrogen and oxygen atoms in total. The topological polar surface area (TPSA) is 63.1 Å². The van der Waals surface area contributed by atoms with E-state index < -0.39 is 5.97 Å². The first-order valence-electron chi connectivity index (χ1n) is 3.18. The van der Waals surface area contributed by atoms with E-state index in [4.69, 9.17) is 11.5 Å². The van der Waals surface area contributed by atoms with Gasteiger partial charge < -0.3 is 5.11 Å². The van der Waals surface area contributed by atoms with Crippen molar-refractivity contribution in [3.8, 4) is 12.3 Å². The van der Waals surface area contributed by atoms with Gasteiger partial charge in [-0.3, -0.25) is 0 Å². The second kappa shape index (κ2) is 3.01. The highest BCUT2D eigenvalue weighted by atomic mass is 16.4. The van der Waals surface area contributed by atoms with Crippen molar-refractivity contribution in [1.82, 2.24) is 9.97 Å². The molecule has 1 rings (SSSR count). The number of aryl methyl sites for hydroxylation is 1. The second-order valence-electron chi connectivity index (χ2n) is 2.13. The van der Waals surface area contributed by atoms with Crippen molar-refractivity contribution in [2.75, 3.05) is 0 Å². The maximum atomic E-state index is 10.5. The molecule has 1 aromatic rings. The zero-order valence-corrected chi connectivity index (χ0v) is 6.40. The SMILES string of the molecule is C#Cc1cnc(C)nc1C(=O)O. The van der Waals surface area contributed by atoms with Crippen molar-refractivity contribution in [2.24, 2.45) is 0 Å². The fourth-order valence-corrected chi connectivity index (χ4v) is 0.739. The molecule has 1 N–H and O–H groups in total. The molecular formula is C8H6N2O2. The van der Waals surface area contributed by atoms with Crippen LogP contribution in [0.4, 0.5) is 0 Å². The summed E-state index contributed by atoms with van der Waals surface area (Å²) in [6.45, 7) is 1.60. The molecule has 1 heterocycles. The summed E-state index contributed by atoms with van der Waals surface area (Å²) in [4.78, 5) is 18.0. The van der Waals surface area contributed by atoms with E-state index in [1.54, 1.807) is 6.92 Å². The van der Waals surface area contributed by atoms with Crippen LogP contribution in [0.3, 0.4) is 0 Å². The lowest BCUT2D eigenvalue weighted by atomic mass is 10.2. The van der Waals surface area contributed by atoms with Crippen LogP contribution in [0.1, 0.15) is 21.9 Å². The number of carbonyl (C=O) groups is 1. The molecular weight excluding hydrogens is 156 g/mol. The van der Waals surface area contributed by atoms with E-state index >= 15 is 0 Å². The molecule has 0 saturated heterocycles. The lowest BCUT2D eigenvalue weighted by molar-refractivity contribution is 0.0689. The number of terminal acetylenes is 1. The van der Waals surface area contributed by atoms with Gasteiger partial charge in [0.15, 0.2) is 5.69 Å². The predicted molar refractivity (Wildman–Crippen MR) is 41.7 cm³/mol. The molecule has 12 heavy (non-hydrogen) atoms. The molecule has 0 radical (unpaired) electrons. The van der Waals surface area contributed by atoms with E-state index in [0.29, 0.717) is 5.82 Å². The minimum Gasteiger partial charge on any atom is -0.476 e. The van der Waals surface area contributed by atoms with Gasteiger partial charge in [0, 0.05) is 6.20 Å². The van der Waals surface area contributed by atoms with E-state index in [2.05, 4.69) is 15.9 Å². The Hall–Kier alpha value is -1.89. The van der Waals surface area contributed by atoms with E-state index in [9.17, 15) is 4.79 Å². The van der Waals surface area contributed by atoms with Crippen molar-refractivity contribution in [3.63, 3.8) is 0 Å². The predicted octanol–water partition coefficient (Wildman–Crippen LogP) is 0.465. The van der Waals surface area contributed by atoms with Gasteiger partial charge in [0.2, 0.25) is 0 Å². The Morgan fingerprint density at radius 3 is 2.92 bits per heavy atom. The Labute approximate surface area is 69.3 Å². The van der Waals surface area contributed by atoms with Gasteiger partial charge >= 0.3 is 5.97 Å². The maximum absolute atomic E-state index is 10.5. The summed E-state index contributed by atoms with van der Waals surface area (Å²) in [5.41, 5.74) is 0.0816. The van der Waals surface area contributed by atoms with Crippen molar-refractivity contribution in [3.05, 3.63) is 23.3 Å². The first-order chi connectivity index (χ1) is 5.65. The van der Waals surface area contributed by atoms with E-state index in [1.807, 2.05) is 0 Å².